The third kappa shape index (κ3) is 7.23. The van der Waals surface area contributed by atoms with Gasteiger partial charge < -0.3 is 25.2 Å². The zero-order valence-corrected chi connectivity index (χ0v) is 22.2. The van der Waals surface area contributed by atoms with Gasteiger partial charge in [-0.05, 0) is 62.5 Å². The molecule has 1 aromatic heterocycles. The molecule has 1 aromatic carbocycles. The number of halogens is 1. The summed E-state index contributed by atoms with van der Waals surface area (Å²) in [5.41, 5.74) is 0.679. The van der Waals surface area contributed by atoms with Gasteiger partial charge in [0.1, 0.15) is 11.5 Å². The van der Waals surface area contributed by atoms with E-state index < -0.39 is 6.10 Å². The van der Waals surface area contributed by atoms with Crippen LogP contribution in [0, 0.1) is 0 Å². The Bertz CT molecular complexity index is 829. The molecule has 2 atom stereocenters. The van der Waals surface area contributed by atoms with Crippen molar-refractivity contribution in [3.05, 3.63) is 46.2 Å². The van der Waals surface area contributed by atoms with Gasteiger partial charge in [0, 0.05) is 23.5 Å². The maximum Gasteiger partial charge on any atom is 0.191 e. The highest BCUT2D eigenvalue weighted by Crippen LogP contribution is 2.30. The van der Waals surface area contributed by atoms with Crippen LogP contribution in [-0.2, 0) is 0 Å². The molecular formula is C23H35IN4O3S. The Morgan fingerprint density at radius 1 is 1.19 bits per heavy atom. The fourth-order valence-electron chi connectivity index (χ4n) is 3.84. The number of guanidine groups is 1. The van der Waals surface area contributed by atoms with Crippen molar-refractivity contribution < 1.29 is 14.6 Å². The number of hydrogen-bond donors (Lipinski definition) is 3. The molecule has 0 bridgehead atoms. The fourth-order valence-corrected chi connectivity index (χ4v) is 4.69. The van der Waals surface area contributed by atoms with Crippen molar-refractivity contribution in [2.75, 3.05) is 46.9 Å². The van der Waals surface area contributed by atoms with Gasteiger partial charge in [-0.3, -0.25) is 9.89 Å². The summed E-state index contributed by atoms with van der Waals surface area (Å²) in [6.07, 6.45) is 1.73. The molecule has 0 radical (unpaired) electrons. The van der Waals surface area contributed by atoms with Crippen molar-refractivity contribution in [1.82, 2.24) is 15.5 Å². The molecule has 2 heterocycles. The number of nitrogens with zero attached hydrogens (tertiary/aromatic N) is 2. The molecular weight excluding hydrogens is 539 g/mol. The van der Waals surface area contributed by atoms with Crippen LogP contribution >= 0.6 is 35.3 Å². The molecule has 0 spiro atoms. The lowest BCUT2D eigenvalue weighted by Crippen LogP contribution is -2.40. The second-order valence-corrected chi connectivity index (χ2v) is 8.48. The van der Waals surface area contributed by atoms with Crippen molar-refractivity contribution in [2.24, 2.45) is 4.99 Å². The van der Waals surface area contributed by atoms with Gasteiger partial charge in [0.15, 0.2) is 5.96 Å². The lowest BCUT2D eigenvalue weighted by Gasteiger charge is -2.25. The minimum absolute atomic E-state index is 0. The van der Waals surface area contributed by atoms with E-state index in [4.69, 9.17) is 14.5 Å². The first-order valence-electron chi connectivity index (χ1n) is 10.9. The Morgan fingerprint density at radius 3 is 2.59 bits per heavy atom. The summed E-state index contributed by atoms with van der Waals surface area (Å²) >= 11 is 1.79. The molecule has 7 nitrogen and oxygen atoms in total. The maximum absolute atomic E-state index is 10.8. The Hall–Kier alpha value is -1.56. The van der Waals surface area contributed by atoms with E-state index in [1.165, 1.54) is 17.7 Å². The summed E-state index contributed by atoms with van der Waals surface area (Å²) in [4.78, 5) is 8.72. The average Bonchev–Trinajstić information content (AvgIpc) is 3.52. The van der Waals surface area contributed by atoms with Crippen LogP contribution in [0.4, 0.5) is 0 Å². The van der Waals surface area contributed by atoms with Crippen molar-refractivity contribution in [3.8, 4) is 11.5 Å². The number of hydrogen-bond acceptors (Lipinski definition) is 6. The van der Waals surface area contributed by atoms with E-state index in [1.54, 1.807) is 37.7 Å². The third-order valence-corrected chi connectivity index (χ3v) is 6.45. The Kier molecular flexibility index (Phi) is 11.6. The third-order valence-electron chi connectivity index (χ3n) is 5.48. The smallest absolute Gasteiger partial charge is 0.191 e. The molecule has 1 aliphatic rings. The Morgan fingerprint density at radius 2 is 1.97 bits per heavy atom. The van der Waals surface area contributed by atoms with Crippen LogP contribution in [0.3, 0.4) is 0 Å². The number of rotatable bonds is 10. The Labute approximate surface area is 212 Å². The van der Waals surface area contributed by atoms with E-state index in [-0.39, 0.29) is 24.0 Å². The number of aliphatic imine (C=N–C) groups is 1. The van der Waals surface area contributed by atoms with Gasteiger partial charge in [-0.1, -0.05) is 6.07 Å². The lowest BCUT2D eigenvalue weighted by molar-refractivity contribution is 0.176. The van der Waals surface area contributed by atoms with Crippen molar-refractivity contribution >= 4 is 41.3 Å². The molecule has 0 amide bonds. The van der Waals surface area contributed by atoms with E-state index in [0.29, 0.717) is 42.2 Å². The number of ether oxygens (including phenoxy) is 2. The molecule has 3 N–H and O–H groups in total. The fraction of sp³-hybridized carbons (Fsp3) is 0.522. The van der Waals surface area contributed by atoms with Gasteiger partial charge in [-0.25, -0.2) is 0 Å². The van der Waals surface area contributed by atoms with Crippen LogP contribution in [-0.4, -0.2) is 62.9 Å². The molecule has 2 unspecified atom stereocenters. The first-order chi connectivity index (χ1) is 15.2. The van der Waals surface area contributed by atoms with Crippen LogP contribution in [0.1, 0.15) is 42.4 Å². The van der Waals surface area contributed by atoms with Crippen molar-refractivity contribution in [2.45, 2.75) is 31.9 Å². The molecule has 2 aromatic rings. The van der Waals surface area contributed by atoms with E-state index in [0.717, 1.165) is 19.6 Å². The number of benzene rings is 1. The van der Waals surface area contributed by atoms with Gasteiger partial charge in [-0.15, -0.1) is 35.3 Å². The van der Waals surface area contributed by atoms with Gasteiger partial charge in [-0.2, -0.15) is 0 Å². The zero-order chi connectivity index (χ0) is 22.1. The number of likely N-dealkylation sites (tertiary alicyclic amines) is 1. The SMILES string of the molecule is CCNC(=NCC(c1cccs1)N1CCCC1)NCC(O)c1cc(OC)ccc1OC.I. The predicted octanol–water partition coefficient (Wildman–Crippen LogP) is 3.81. The average molecular weight is 575 g/mol. The molecule has 3 rings (SSSR count). The molecule has 1 aliphatic heterocycles. The number of methoxy groups -OCH3 is 2. The van der Waals surface area contributed by atoms with Gasteiger partial charge in [0.2, 0.25) is 0 Å². The standard InChI is InChI=1S/C23H34N4O3S.HI/c1-4-24-23(25-15-19(22-8-7-13-31-22)27-11-5-6-12-27)26-16-20(28)18-14-17(29-2)9-10-21(18)30-3;/h7-10,13-14,19-20,28H,4-6,11-12,15-16H2,1-3H3,(H2,24,25,26);1H. The van der Waals surface area contributed by atoms with Crippen LogP contribution in [0.5, 0.6) is 11.5 Å². The highest BCUT2D eigenvalue weighted by molar-refractivity contribution is 14.0. The summed E-state index contributed by atoms with van der Waals surface area (Å²) in [6, 6.07) is 10.0. The normalized spacial score (nSPS) is 16.2. The lowest BCUT2D eigenvalue weighted by atomic mass is 10.1. The molecule has 1 saturated heterocycles. The van der Waals surface area contributed by atoms with Crippen LogP contribution in [0.25, 0.3) is 0 Å². The summed E-state index contributed by atoms with van der Waals surface area (Å²) in [6.45, 7) is 6.01. The molecule has 0 saturated carbocycles. The largest absolute Gasteiger partial charge is 0.497 e. The summed E-state index contributed by atoms with van der Waals surface area (Å²) < 4.78 is 10.7. The second-order valence-electron chi connectivity index (χ2n) is 7.50. The van der Waals surface area contributed by atoms with E-state index in [9.17, 15) is 5.11 Å². The molecule has 178 valence electrons. The minimum Gasteiger partial charge on any atom is -0.497 e. The van der Waals surface area contributed by atoms with Crippen LogP contribution in [0.15, 0.2) is 40.7 Å². The van der Waals surface area contributed by atoms with E-state index >= 15 is 0 Å². The monoisotopic (exact) mass is 574 g/mol. The van der Waals surface area contributed by atoms with Gasteiger partial charge in [0.25, 0.3) is 0 Å². The number of nitrogens with one attached hydrogen (secondary N) is 2. The minimum atomic E-state index is -0.763. The quantitative estimate of drug-likeness (QED) is 0.228. The number of aliphatic hydroxyl groups is 1. The Balaban J connectivity index is 0.00000363. The maximum atomic E-state index is 10.8. The van der Waals surface area contributed by atoms with Crippen LogP contribution in [0.2, 0.25) is 0 Å². The van der Waals surface area contributed by atoms with Gasteiger partial charge in [0.05, 0.1) is 32.9 Å². The first-order valence-corrected chi connectivity index (χ1v) is 11.7. The van der Waals surface area contributed by atoms with Gasteiger partial charge >= 0.3 is 0 Å². The van der Waals surface area contributed by atoms with Crippen molar-refractivity contribution in [3.63, 3.8) is 0 Å². The summed E-state index contributed by atoms with van der Waals surface area (Å²) in [7, 11) is 3.20. The first kappa shape index (κ1) is 26.7. The highest BCUT2D eigenvalue weighted by atomic mass is 127. The molecule has 9 heteroatoms. The van der Waals surface area contributed by atoms with Crippen LogP contribution < -0.4 is 20.1 Å². The summed E-state index contributed by atoms with van der Waals surface area (Å²) in [5.74, 6) is 2.01. The molecule has 0 aliphatic carbocycles. The predicted molar refractivity (Wildman–Crippen MR) is 142 cm³/mol. The number of thiophene rings is 1. The topological polar surface area (TPSA) is 78.4 Å². The molecule has 32 heavy (non-hydrogen) atoms. The second kappa shape index (κ2) is 13.9. The van der Waals surface area contributed by atoms with E-state index in [2.05, 4.69) is 33.0 Å². The van der Waals surface area contributed by atoms with Crippen molar-refractivity contribution in [1.29, 1.82) is 0 Å². The zero-order valence-electron chi connectivity index (χ0n) is 19.0. The van der Waals surface area contributed by atoms with E-state index in [1.807, 2.05) is 13.0 Å². The number of aliphatic hydroxyl groups excluding tert-OH is 1. The molecule has 1 fully saturated rings. The summed E-state index contributed by atoms with van der Waals surface area (Å²) in [5, 5.41) is 19.5. The highest BCUT2D eigenvalue weighted by Gasteiger charge is 2.24.